The number of nitro benzene ring substituents is 1. The van der Waals surface area contributed by atoms with E-state index < -0.39 is 22.4 Å². The SMILES string of the molecule is O=C(O)CCc1nnc(SCC(=O)Nc2ccc([N+](=O)[O-])cc2)[nH]c1=O. The van der Waals surface area contributed by atoms with E-state index in [4.69, 9.17) is 5.11 Å². The molecule has 12 heteroatoms. The number of aromatic nitrogens is 3. The molecule has 136 valence electrons. The minimum atomic E-state index is -1.05. The molecule has 2 aromatic rings. The number of carbonyl (C=O) groups is 2. The average molecular weight is 379 g/mol. The lowest BCUT2D eigenvalue weighted by molar-refractivity contribution is -0.384. The number of carbonyl (C=O) groups excluding carboxylic acids is 1. The summed E-state index contributed by atoms with van der Waals surface area (Å²) in [7, 11) is 0. The highest BCUT2D eigenvalue weighted by Crippen LogP contribution is 2.16. The van der Waals surface area contributed by atoms with Crippen LogP contribution in [0.25, 0.3) is 0 Å². The minimum absolute atomic E-state index is 0.00656. The Labute approximate surface area is 150 Å². The van der Waals surface area contributed by atoms with Crippen LogP contribution in [0.4, 0.5) is 11.4 Å². The molecule has 0 radical (unpaired) electrons. The quantitative estimate of drug-likeness (QED) is 0.341. The Bertz CT molecular complexity index is 882. The number of H-pyrrole nitrogens is 1. The maximum absolute atomic E-state index is 11.9. The number of hydrogen-bond donors (Lipinski definition) is 3. The summed E-state index contributed by atoms with van der Waals surface area (Å²) in [5.41, 5.74) is -0.246. The smallest absolute Gasteiger partial charge is 0.303 e. The van der Waals surface area contributed by atoms with Crippen molar-refractivity contribution < 1.29 is 19.6 Å². The van der Waals surface area contributed by atoms with Gasteiger partial charge in [0.15, 0.2) is 5.16 Å². The van der Waals surface area contributed by atoms with Crippen molar-refractivity contribution in [2.24, 2.45) is 0 Å². The molecule has 1 aromatic heterocycles. The van der Waals surface area contributed by atoms with Crippen molar-refractivity contribution in [2.45, 2.75) is 18.0 Å². The molecule has 0 fully saturated rings. The Morgan fingerprint density at radius 2 is 1.96 bits per heavy atom. The molecule has 1 amide bonds. The minimum Gasteiger partial charge on any atom is -0.481 e. The third-order valence-corrected chi connectivity index (χ3v) is 3.89. The molecule has 1 heterocycles. The number of aryl methyl sites for hydroxylation is 1. The van der Waals surface area contributed by atoms with Crippen LogP contribution in [0, 0.1) is 10.1 Å². The van der Waals surface area contributed by atoms with Gasteiger partial charge >= 0.3 is 5.97 Å². The highest BCUT2D eigenvalue weighted by Gasteiger charge is 2.10. The van der Waals surface area contributed by atoms with Crippen LogP contribution in [0.1, 0.15) is 12.1 Å². The van der Waals surface area contributed by atoms with Crippen LogP contribution >= 0.6 is 11.8 Å². The number of aromatic amines is 1. The molecule has 1 aromatic carbocycles. The summed E-state index contributed by atoms with van der Waals surface area (Å²) < 4.78 is 0. The second-order valence-corrected chi connectivity index (χ2v) is 5.90. The number of nitrogens with zero attached hydrogens (tertiary/aromatic N) is 3. The fourth-order valence-corrected chi connectivity index (χ4v) is 2.40. The van der Waals surface area contributed by atoms with Gasteiger partial charge < -0.3 is 10.4 Å². The van der Waals surface area contributed by atoms with Gasteiger partial charge in [-0.3, -0.25) is 29.5 Å². The van der Waals surface area contributed by atoms with Crippen molar-refractivity contribution in [2.75, 3.05) is 11.1 Å². The summed E-state index contributed by atoms with van der Waals surface area (Å²) in [4.78, 5) is 46.5. The zero-order valence-corrected chi connectivity index (χ0v) is 14.0. The molecule has 0 saturated carbocycles. The van der Waals surface area contributed by atoms with Gasteiger partial charge in [0.1, 0.15) is 5.69 Å². The van der Waals surface area contributed by atoms with E-state index in [1.807, 2.05) is 0 Å². The van der Waals surface area contributed by atoms with Crippen LogP contribution in [0.15, 0.2) is 34.2 Å². The highest BCUT2D eigenvalue weighted by molar-refractivity contribution is 7.99. The predicted molar refractivity (Wildman–Crippen MR) is 91.1 cm³/mol. The Hall–Kier alpha value is -3.28. The summed E-state index contributed by atoms with van der Waals surface area (Å²) in [5, 5.41) is 29.2. The first-order valence-electron chi connectivity index (χ1n) is 7.20. The number of nitrogens with one attached hydrogen (secondary N) is 2. The van der Waals surface area contributed by atoms with Crippen molar-refractivity contribution in [3.63, 3.8) is 0 Å². The monoisotopic (exact) mass is 379 g/mol. The number of aliphatic carboxylic acids is 1. The Morgan fingerprint density at radius 3 is 2.54 bits per heavy atom. The van der Waals surface area contributed by atoms with Gasteiger partial charge in [0.05, 0.1) is 17.1 Å². The molecule has 0 bridgehead atoms. The lowest BCUT2D eigenvalue weighted by atomic mass is 10.2. The largest absolute Gasteiger partial charge is 0.481 e. The van der Waals surface area contributed by atoms with Crippen LogP contribution in [0.3, 0.4) is 0 Å². The van der Waals surface area contributed by atoms with E-state index in [-0.39, 0.29) is 35.1 Å². The second kappa shape index (κ2) is 8.71. The van der Waals surface area contributed by atoms with Crippen molar-refractivity contribution in [1.29, 1.82) is 0 Å². The number of amides is 1. The first-order valence-corrected chi connectivity index (χ1v) is 8.18. The Morgan fingerprint density at radius 1 is 1.27 bits per heavy atom. The van der Waals surface area contributed by atoms with Gasteiger partial charge in [-0.1, -0.05) is 11.8 Å². The topological polar surface area (TPSA) is 168 Å². The number of hydrogen-bond acceptors (Lipinski definition) is 8. The first-order chi connectivity index (χ1) is 12.3. The predicted octanol–water partition coefficient (Wildman–Crippen LogP) is 0.821. The molecule has 0 aliphatic rings. The van der Waals surface area contributed by atoms with Gasteiger partial charge in [-0.2, -0.15) is 0 Å². The van der Waals surface area contributed by atoms with Crippen LogP contribution < -0.4 is 10.9 Å². The number of non-ortho nitro benzene ring substituents is 1. The molecular formula is C14H13N5O6S. The zero-order chi connectivity index (χ0) is 19.1. The molecule has 0 aliphatic carbocycles. The van der Waals surface area contributed by atoms with Crippen molar-refractivity contribution in [3.8, 4) is 0 Å². The second-order valence-electron chi connectivity index (χ2n) is 4.94. The fourth-order valence-electron chi connectivity index (χ4n) is 1.80. The van der Waals surface area contributed by atoms with E-state index in [0.717, 1.165) is 11.8 Å². The summed E-state index contributed by atoms with van der Waals surface area (Å²) in [6.45, 7) is 0. The summed E-state index contributed by atoms with van der Waals surface area (Å²) in [6.07, 6.45) is -0.273. The number of carboxylic acid groups (broad SMARTS) is 1. The summed E-state index contributed by atoms with van der Waals surface area (Å²) >= 11 is 0.937. The maximum Gasteiger partial charge on any atom is 0.303 e. The Kier molecular flexibility index (Phi) is 6.38. The molecule has 0 saturated heterocycles. The van der Waals surface area contributed by atoms with Crippen molar-refractivity contribution in [1.82, 2.24) is 15.2 Å². The third-order valence-electron chi connectivity index (χ3n) is 3.02. The van der Waals surface area contributed by atoms with E-state index in [2.05, 4.69) is 20.5 Å². The maximum atomic E-state index is 11.9. The molecule has 0 spiro atoms. The van der Waals surface area contributed by atoms with Gasteiger partial charge in [0.2, 0.25) is 5.91 Å². The van der Waals surface area contributed by atoms with Gasteiger partial charge in [0.25, 0.3) is 11.2 Å². The van der Waals surface area contributed by atoms with Gasteiger partial charge in [-0.15, -0.1) is 10.2 Å². The molecule has 11 nitrogen and oxygen atoms in total. The fraction of sp³-hybridized carbons (Fsp3) is 0.214. The number of rotatable bonds is 8. The average Bonchev–Trinajstić information content (AvgIpc) is 2.59. The lowest BCUT2D eigenvalue weighted by Gasteiger charge is -2.04. The summed E-state index contributed by atoms with van der Waals surface area (Å²) in [5.74, 6) is -1.52. The van der Waals surface area contributed by atoms with E-state index >= 15 is 0 Å². The molecule has 0 unspecified atom stereocenters. The number of thioether (sulfide) groups is 1. The molecule has 26 heavy (non-hydrogen) atoms. The van der Waals surface area contributed by atoms with Crippen molar-refractivity contribution in [3.05, 3.63) is 50.4 Å². The molecule has 2 rings (SSSR count). The number of anilines is 1. The van der Waals surface area contributed by atoms with E-state index in [9.17, 15) is 24.5 Å². The zero-order valence-electron chi connectivity index (χ0n) is 13.2. The van der Waals surface area contributed by atoms with E-state index in [1.54, 1.807) is 0 Å². The number of carboxylic acids is 1. The third kappa shape index (κ3) is 5.66. The van der Waals surface area contributed by atoms with Crippen LogP contribution in [0.2, 0.25) is 0 Å². The standard InChI is InChI=1S/C14H13N5O6S/c20-11(15-8-1-3-9(4-2-8)19(24)25)7-26-14-16-13(23)10(17-18-14)5-6-12(21)22/h1-4H,5-7H2,(H,15,20)(H,21,22)(H,16,18,23). The van der Waals surface area contributed by atoms with Crippen LogP contribution in [0.5, 0.6) is 0 Å². The lowest BCUT2D eigenvalue weighted by Crippen LogP contribution is -2.19. The Balaban J connectivity index is 1.88. The molecule has 0 aliphatic heterocycles. The van der Waals surface area contributed by atoms with Gasteiger partial charge in [-0.05, 0) is 12.1 Å². The molecule has 0 atom stereocenters. The number of nitro groups is 1. The van der Waals surface area contributed by atoms with E-state index in [0.29, 0.717) is 5.69 Å². The van der Waals surface area contributed by atoms with Crippen molar-refractivity contribution >= 4 is 35.0 Å². The van der Waals surface area contributed by atoms with Crippen LogP contribution in [-0.2, 0) is 16.0 Å². The van der Waals surface area contributed by atoms with Gasteiger partial charge in [-0.25, -0.2) is 0 Å². The highest BCUT2D eigenvalue weighted by atomic mass is 32.2. The molecule has 3 N–H and O–H groups in total. The summed E-state index contributed by atoms with van der Waals surface area (Å²) in [6, 6.07) is 5.34. The molecular weight excluding hydrogens is 366 g/mol. The normalized spacial score (nSPS) is 10.3. The first kappa shape index (κ1) is 19.1. The van der Waals surface area contributed by atoms with Crippen LogP contribution in [-0.4, -0.2) is 42.8 Å². The number of benzene rings is 1. The van der Waals surface area contributed by atoms with Gasteiger partial charge in [0, 0.05) is 24.2 Å². The van der Waals surface area contributed by atoms with E-state index in [1.165, 1.54) is 24.3 Å².